The van der Waals surface area contributed by atoms with E-state index in [1.807, 2.05) is 0 Å². The predicted octanol–water partition coefficient (Wildman–Crippen LogP) is 3.57. The number of nitrogens with zero attached hydrogens (tertiary/aromatic N) is 1. The lowest BCUT2D eigenvalue weighted by atomic mass is 10.1. The Labute approximate surface area is 124 Å². The number of ether oxygens (including phenoxy) is 1. The fourth-order valence-electron chi connectivity index (χ4n) is 2.31. The molecule has 4 nitrogen and oxygen atoms in total. The van der Waals surface area contributed by atoms with Crippen molar-refractivity contribution in [2.45, 2.75) is 6.54 Å². The van der Waals surface area contributed by atoms with Crippen LogP contribution in [0.4, 0.5) is 8.78 Å². The highest BCUT2D eigenvalue weighted by Crippen LogP contribution is 2.34. The molecule has 0 unspecified atom stereocenters. The zero-order valence-electron chi connectivity index (χ0n) is 11.4. The number of aromatic nitrogens is 1. The van der Waals surface area contributed by atoms with Gasteiger partial charge in [-0.3, -0.25) is 0 Å². The van der Waals surface area contributed by atoms with Gasteiger partial charge in [-0.2, -0.15) is 5.26 Å². The first-order chi connectivity index (χ1) is 10.6. The minimum absolute atomic E-state index is 0.0231. The Morgan fingerprint density at radius 1 is 1.18 bits per heavy atom. The van der Waals surface area contributed by atoms with Crippen molar-refractivity contribution in [3.63, 3.8) is 0 Å². The number of nitrogens with two attached hydrogens (primary N) is 1. The van der Waals surface area contributed by atoms with E-state index in [1.165, 1.54) is 18.2 Å². The summed E-state index contributed by atoms with van der Waals surface area (Å²) in [6.07, 6.45) is 1.68. The maximum atomic E-state index is 14.3. The first-order valence-corrected chi connectivity index (χ1v) is 6.50. The number of hydrogen-bond donors (Lipinski definition) is 2. The Kier molecular flexibility index (Phi) is 3.49. The summed E-state index contributed by atoms with van der Waals surface area (Å²) in [5.74, 6) is -1.10. The van der Waals surface area contributed by atoms with Crippen LogP contribution in [0.1, 0.15) is 11.1 Å². The summed E-state index contributed by atoms with van der Waals surface area (Å²) < 4.78 is 33.1. The van der Waals surface area contributed by atoms with E-state index in [-0.39, 0.29) is 23.6 Å². The molecule has 6 heteroatoms. The third-order valence-electron chi connectivity index (χ3n) is 3.35. The number of aromatic amines is 1. The molecule has 3 aromatic rings. The number of fused-ring (bicyclic) bond motifs is 1. The van der Waals surface area contributed by atoms with Gasteiger partial charge in [-0.25, -0.2) is 8.78 Å². The van der Waals surface area contributed by atoms with Crippen LogP contribution < -0.4 is 10.5 Å². The van der Waals surface area contributed by atoms with E-state index in [9.17, 15) is 8.78 Å². The summed E-state index contributed by atoms with van der Waals surface area (Å²) in [6, 6.07) is 8.44. The molecule has 3 rings (SSSR count). The normalized spacial score (nSPS) is 10.6. The molecule has 110 valence electrons. The molecule has 1 heterocycles. The molecule has 0 spiro atoms. The van der Waals surface area contributed by atoms with Crippen LogP contribution in [0.15, 0.2) is 36.5 Å². The van der Waals surface area contributed by atoms with Crippen molar-refractivity contribution in [2.24, 2.45) is 5.73 Å². The van der Waals surface area contributed by atoms with E-state index in [0.29, 0.717) is 11.1 Å². The zero-order chi connectivity index (χ0) is 15.7. The van der Waals surface area contributed by atoms with Gasteiger partial charge in [-0.05, 0) is 18.2 Å². The molecule has 22 heavy (non-hydrogen) atoms. The Morgan fingerprint density at radius 2 is 2.00 bits per heavy atom. The summed E-state index contributed by atoms with van der Waals surface area (Å²) in [4.78, 5) is 2.91. The fourth-order valence-corrected chi connectivity index (χ4v) is 2.31. The van der Waals surface area contributed by atoms with Crippen LogP contribution >= 0.6 is 0 Å². The van der Waals surface area contributed by atoms with Gasteiger partial charge in [-0.15, -0.1) is 0 Å². The van der Waals surface area contributed by atoms with Crippen LogP contribution in [0.25, 0.3) is 10.9 Å². The van der Waals surface area contributed by atoms with Gasteiger partial charge in [0.05, 0.1) is 5.56 Å². The van der Waals surface area contributed by atoms with Gasteiger partial charge >= 0.3 is 0 Å². The molecule has 3 N–H and O–H groups in total. The zero-order valence-corrected chi connectivity index (χ0v) is 11.4. The molecule has 2 aromatic carbocycles. The van der Waals surface area contributed by atoms with Crippen molar-refractivity contribution in [2.75, 3.05) is 0 Å². The second-order valence-electron chi connectivity index (χ2n) is 4.66. The van der Waals surface area contributed by atoms with E-state index in [4.69, 9.17) is 15.7 Å². The number of H-pyrrole nitrogens is 1. The molecule has 0 saturated carbocycles. The monoisotopic (exact) mass is 299 g/mol. The van der Waals surface area contributed by atoms with Crippen LogP contribution in [0, 0.1) is 23.0 Å². The predicted molar refractivity (Wildman–Crippen MR) is 77.3 cm³/mol. The van der Waals surface area contributed by atoms with Crippen molar-refractivity contribution < 1.29 is 13.5 Å². The van der Waals surface area contributed by atoms with Gasteiger partial charge in [0.15, 0.2) is 11.6 Å². The van der Waals surface area contributed by atoms with E-state index in [0.717, 1.165) is 11.5 Å². The van der Waals surface area contributed by atoms with Gasteiger partial charge in [0.2, 0.25) is 0 Å². The third-order valence-corrected chi connectivity index (χ3v) is 3.35. The minimum Gasteiger partial charge on any atom is -0.454 e. The van der Waals surface area contributed by atoms with Gasteiger partial charge in [0.1, 0.15) is 17.6 Å². The van der Waals surface area contributed by atoms with E-state index in [2.05, 4.69) is 4.98 Å². The van der Waals surface area contributed by atoms with Gasteiger partial charge in [0.25, 0.3) is 0 Å². The smallest absolute Gasteiger partial charge is 0.168 e. The van der Waals surface area contributed by atoms with E-state index >= 15 is 0 Å². The average molecular weight is 299 g/mol. The van der Waals surface area contributed by atoms with Crippen LogP contribution in [0.2, 0.25) is 0 Å². The summed E-state index contributed by atoms with van der Waals surface area (Å²) >= 11 is 0. The largest absolute Gasteiger partial charge is 0.454 e. The van der Waals surface area contributed by atoms with Crippen LogP contribution in [-0.4, -0.2) is 4.98 Å². The average Bonchev–Trinajstić information content (AvgIpc) is 2.97. The summed E-state index contributed by atoms with van der Waals surface area (Å²) in [7, 11) is 0. The SMILES string of the molecule is N#Cc1cc(Oc2c(F)cc3[nH]ccc3c2CN)ccc1F. The van der Waals surface area contributed by atoms with Crippen molar-refractivity contribution in [1.82, 2.24) is 4.98 Å². The van der Waals surface area contributed by atoms with Crippen LogP contribution in [0.5, 0.6) is 11.5 Å². The Hall–Kier alpha value is -2.91. The fraction of sp³-hybridized carbons (Fsp3) is 0.0625. The number of halogens is 2. The van der Waals surface area contributed by atoms with Gasteiger partial charge in [0, 0.05) is 41.3 Å². The molecular weight excluding hydrogens is 288 g/mol. The van der Waals surface area contributed by atoms with Crippen LogP contribution in [-0.2, 0) is 6.54 Å². The molecule has 0 saturated heterocycles. The highest BCUT2D eigenvalue weighted by molar-refractivity contribution is 5.85. The number of benzene rings is 2. The third kappa shape index (κ3) is 2.28. The topological polar surface area (TPSA) is 74.8 Å². The Balaban J connectivity index is 2.11. The maximum absolute atomic E-state index is 14.3. The standard InChI is InChI=1S/C16H11F2N3O/c17-13-2-1-10(5-9(13)7-19)22-16-12(8-20)11-3-4-21-15(11)6-14(16)18/h1-6,21H,8,20H2. The highest BCUT2D eigenvalue weighted by Gasteiger charge is 2.16. The summed E-state index contributed by atoms with van der Waals surface area (Å²) in [6.45, 7) is 0.0771. The van der Waals surface area contributed by atoms with E-state index in [1.54, 1.807) is 18.3 Å². The second kappa shape index (κ2) is 5.47. The molecule has 1 aromatic heterocycles. The lowest BCUT2D eigenvalue weighted by molar-refractivity contribution is 0.436. The number of nitriles is 1. The van der Waals surface area contributed by atoms with Crippen molar-refractivity contribution in [3.05, 3.63) is 59.3 Å². The summed E-state index contributed by atoms with van der Waals surface area (Å²) in [5, 5.41) is 9.59. The molecular formula is C16H11F2N3O. The van der Waals surface area contributed by atoms with Crippen molar-refractivity contribution in [3.8, 4) is 17.6 Å². The highest BCUT2D eigenvalue weighted by atomic mass is 19.1. The lowest BCUT2D eigenvalue weighted by Crippen LogP contribution is -2.02. The quantitative estimate of drug-likeness (QED) is 0.776. The number of nitrogens with one attached hydrogen (secondary N) is 1. The van der Waals surface area contributed by atoms with Gasteiger partial charge in [-0.1, -0.05) is 0 Å². The van der Waals surface area contributed by atoms with Crippen LogP contribution in [0.3, 0.4) is 0 Å². The molecule has 0 fully saturated rings. The van der Waals surface area contributed by atoms with Crippen molar-refractivity contribution >= 4 is 10.9 Å². The van der Waals surface area contributed by atoms with Gasteiger partial charge < -0.3 is 15.5 Å². The second-order valence-corrected chi connectivity index (χ2v) is 4.66. The first-order valence-electron chi connectivity index (χ1n) is 6.50. The first kappa shape index (κ1) is 14.0. The van der Waals surface area contributed by atoms with E-state index < -0.39 is 11.6 Å². The maximum Gasteiger partial charge on any atom is 0.168 e. The molecule has 0 bridgehead atoms. The minimum atomic E-state index is -0.657. The number of hydrogen-bond acceptors (Lipinski definition) is 3. The Morgan fingerprint density at radius 3 is 2.73 bits per heavy atom. The Bertz CT molecular complexity index is 896. The summed E-state index contributed by atoms with van der Waals surface area (Å²) in [5.41, 5.74) is 6.65. The molecule has 0 atom stereocenters. The lowest BCUT2D eigenvalue weighted by Gasteiger charge is -2.12. The number of rotatable bonds is 3. The molecule has 0 aliphatic carbocycles. The molecule has 0 aliphatic heterocycles. The molecule has 0 amide bonds. The molecule has 0 aliphatic rings. The van der Waals surface area contributed by atoms with Crippen molar-refractivity contribution in [1.29, 1.82) is 5.26 Å². The molecule has 0 radical (unpaired) electrons.